The summed E-state index contributed by atoms with van der Waals surface area (Å²) in [6, 6.07) is 20.0. The number of aryl methyl sites for hydroxylation is 1. The fourth-order valence-electron chi connectivity index (χ4n) is 3.41. The molecule has 6 nitrogen and oxygen atoms in total. The van der Waals surface area contributed by atoms with Gasteiger partial charge in [0.05, 0.1) is 29.3 Å². The minimum Gasteiger partial charge on any atom is -0.486 e. The van der Waals surface area contributed by atoms with Crippen molar-refractivity contribution in [3.63, 3.8) is 0 Å². The summed E-state index contributed by atoms with van der Waals surface area (Å²) in [7, 11) is 2.01. The highest BCUT2D eigenvalue weighted by Gasteiger charge is 2.09. The number of pyridine rings is 1. The predicted molar refractivity (Wildman–Crippen MR) is 112 cm³/mol. The molecular weight excluding hydrogens is 362 g/mol. The third-order valence-electron chi connectivity index (χ3n) is 4.98. The Morgan fingerprint density at radius 3 is 2.48 bits per heavy atom. The van der Waals surface area contributed by atoms with Gasteiger partial charge in [-0.05, 0) is 48.5 Å². The summed E-state index contributed by atoms with van der Waals surface area (Å²) in [4.78, 5) is 13.0. The number of aromatic nitrogens is 5. The number of para-hydroxylation sites is 2. The van der Waals surface area contributed by atoms with Crippen LogP contribution in [0, 0.1) is 0 Å². The molecule has 0 radical (unpaired) electrons. The topological polar surface area (TPSA) is 57.8 Å². The van der Waals surface area contributed by atoms with Gasteiger partial charge in [0.2, 0.25) is 0 Å². The Bertz CT molecular complexity index is 1260. The van der Waals surface area contributed by atoms with Gasteiger partial charge in [0.15, 0.2) is 0 Å². The predicted octanol–water partition coefficient (Wildman–Crippen LogP) is 4.40. The third kappa shape index (κ3) is 3.25. The molecule has 6 heteroatoms. The fraction of sp³-hybridized carbons (Fsp3) is 0.0870. The molecule has 0 aliphatic rings. The van der Waals surface area contributed by atoms with Crippen LogP contribution in [-0.4, -0.2) is 24.1 Å². The normalized spacial score (nSPS) is 11.1. The molecule has 0 saturated heterocycles. The molecule has 142 valence electrons. The Morgan fingerprint density at radius 2 is 1.69 bits per heavy atom. The van der Waals surface area contributed by atoms with E-state index in [1.165, 1.54) is 0 Å². The van der Waals surface area contributed by atoms with Crippen LogP contribution < -0.4 is 4.74 Å². The van der Waals surface area contributed by atoms with Crippen LogP contribution in [0.25, 0.3) is 28.0 Å². The van der Waals surface area contributed by atoms with E-state index in [-0.39, 0.29) is 0 Å². The number of benzene rings is 2. The van der Waals surface area contributed by atoms with Gasteiger partial charge in [-0.3, -0.25) is 9.55 Å². The second kappa shape index (κ2) is 7.24. The monoisotopic (exact) mass is 381 g/mol. The lowest BCUT2D eigenvalue weighted by Gasteiger charge is -2.10. The summed E-state index contributed by atoms with van der Waals surface area (Å²) in [6.45, 7) is 0.415. The first-order valence-electron chi connectivity index (χ1n) is 9.36. The lowest BCUT2D eigenvalue weighted by atomic mass is 10.2. The van der Waals surface area contributed by atoms with E-state index in [2.05, 4.69) is 25.6 Å². The zero-order chi connectivity index (χ0) is 19.6. The summed E-state index contributed by atoms with van der Waals surface area (Å²) in [5.74, 6) is 1.69. The smallest absolute Gasteiger partial charge is 0.147 e. The Kier molecular flexibility index (Phi) is 4.29. The van der Waals surface area contributed by atoms with Crippen molar-refractivity contribution in [1.29, 1.82) is 0 Å². The van der Waals surface area contributed by atoms with Crippen molar-refractivity contribution in [2.75, 3.05) is 0 Å². The Labute approximate surface area is 168 Å². The van der Waals surface area contributed by atoms with Crippen molar-refractivity contribution in [3.05, 3.63) is 91.4 Å². The summed E-state index contributed by atoms with van der Waals surface area (Å²) in [6.07, 6.45) is 7.23. The van der Waals surface area contributed by atoms with Crippen LogP contribution in [0.3, 0.4) is 0 Å². The molecule has 0 atom stereocenters. The van der Waals surface area contributed by atoms with Gasteiger partial charge in [0.25, 0.3) is 0 Å². The molecule has 0 amide bonds. The zero-order valence-corrected chi connectivity index (χ0v) is 15.9. The van der Waals surface area contributed by atoms with Crippen molar-refractivity contribution < 1.29 is 4.74 Å². The van der Waals surface area contributed by atoms with Crippen LogP contribution >= 0.6 is 0 Å². The molecule has 5 rings (SSSR count). The van der Waals surface area contributed by atoms with Crippen LogP contribution in [0.1, 0.15) is 5.82 Å². The maximum Gasteiger partial charge on any atom is 0.147 e. The van der Waals surface area contributed by atoms with Crippen molar-refractivity contribution >= 4 is 11.0 Å². The van der Waals surface area contributed by atoms with E-state index < -0.39 is 0 Å². The molecular formula is C23H19N5O. The molecule has 0 aliphatic carbocycles. The van der Waals surface area contributed by atoms with Gasteiger partial charge >= 0.3 is 0 Å². The lowest BCUT2D eigenvalue weighted by molar-refractivity contribution is 0.292. The quantitative estimate of drug-likeness (QED) is 0.453. The molecule has 0 unspecified atom stereocenters. The second-order valence-electron chi connectivity index (χ2n) is 6.74. The van der Waals surface area contributed by atoms with Crippen molar-refractivity contribution in [2.24, 2.45) is 7.05 Å². The number of hydrogen-bond donors (Lipinski definition) is 0. The summed E-state index contributed by atoms with van der Waals surface area (Å²) >= 11 is 0. The number of rotatable bonds is 5. The summed E-state index contributed by atoms with van der Waals surface area (Å²) in [5.41, 5.74) is 5.18. The first-order valence-corrected chi connectivity index (χ1v) is 9.36. The first-order chi connectivity index (χ1) is 14.3. The van der Waals surface area contributed by atoms with Crippen molar-refractivity contribution in [2.45, 2.75) is 6.61 Å². The van der Waals surface area contributed by atoms with E-state index in [0.29, 0.717) is 6.61 Å². The molecule has 0 bridgehead atoms. The van der Waals surface area contributed by atoms with E-state index in [0.717, 1.165) is 39.6 Å². The van der Waals surface area contributed by atoms with E-state index in [1.54, 1.807) is 12.4 Å². The summed E-state index contributed by atoms with van der Waals surface area (Å²) < 4.78 is 10.1. The van der Waals surface area contributed by atoms with E-state index in [4.69, 9.17) is 4.74 Å². The minimum absolute atomic E-state index is 0.415. The van der Waals surface area contributed by atoms with Gasteiger partial charge in [0.1, 0.15) is 18.2 Å². The van der Waals surface area contributed by atoms with Crippen LogP contribution in [0.15, 0.2) is 85.6 Å². The second-order valence-corrected chi connectivity index (χ2v) is 6.74. The highest BCUT2D eigenvalue weighted by atomic mass is 16.5. The Balaban J connectivity index is 1.35. The molecule has 0 saturated carbocycles. The number of imidazole rings is 2. The standard InChI is InChI=1S/C23H19N5O/c1-27-21-5-3-2-4-20(21)26-23(27)15-29-19-8-6-18(7-9-19)28-16-25-14-22(28)17-10-12-24-13-11-17/h2-14,16H,15H2,1H3. The van der Waals surface area contributed by atoms with Gasteiger partial charge < -0.3 is 9.30 Å². The zero-order valence-electron chi connectivity index (χ0n) is 15.9. The largest absolute Gasteiger partial charge is 0.486 e. The highest BCUT2D eigenvalue weighted by Crippen LogP contribution is 2.24. The van der Waals surface area contributed by atoms with Gasteiger partial charge in [-0.2, -0.15) is 0 Å². The van der Waals surface area contributed by atoms with E-state index in [9.17, 15) is 0 Å². The molecule has 5 aromatic rings. The SMILES string of the molecule is Cn1c(COc2ccc(-n3cncc3-c3ccncc3)cc2)nc2ccccc21. The molecule has 0 aliphatic heterocycles. The average Bonchev–Trinajstić information content (AvgIpc) is 3.39. The van der Waals surface area contributed by atoms with Crippen molar-refractivity contribution in [1.82, 2.24) is 24.1 Å². The minimum atomic E-state index is 0.415. The molecule has 0 N–H and O–H groups in total. The number of hydrogen-bond acceptors (Lipinski definition) is 4. The number of nitrogens with zero attached hydrogens (tertiary/aromatic N) is 5. The molecule has 0 fully saturated rings. The maximum atomic E-state index is 5.97. The Hall–Kier alpha value is -3.93. The fourth-order valence-corrected chi connectivity index (χ4v) is 3.41. The van der Waals surface area contributed by atoms with Crippen LogP contribution in [-0.2, 0) is 13.7 Å². The van der Waals surface area contributed by atoms with Gasteiger partial charge in [0, 0.05) is 30.7 Å². The van der Waals surface area contributed by atoms with Crippen LogP contribution in [0.2, 0.25) is 0 Å². The molecule has 0 spiro atoms. The molecule has 29 heavy (non-hydrogen) atoms. The van der Waals surface area contributed by atoms with Crippen molar-refractivity contribution in [3.8, 4) is 22.7 Å². The average molecular weight is 381 g/mol. The van der Waals surface area contributed by atoms with E-state index >= 15 is 0 Å². The van der Waals surface area contributed by atoms with Gasteiger partial charge in [-0.15, -0.1) is 0 Å². The summed E-state index contributed by atoms with van der Waals surface area (Å²) in [5, 5.41) is 0. The van der Waals surface area contributed by atoms with Gasteiger partial charge in [-0.25, -0.2) is 9.97 Å². The van der Waals surface area contributed by atoms with Gasteiger partial charge in [-0.1, -0.05) is 12.1 Å². The maximum absolute atomic E-state index is 5.97. The van der Waals surface area contributed by atoms with E-state index in [1.807, 2.05) is 78.7 Å². The molecule has 2 aromatic carbocycles. The molecule has 3 heterocycles. The van der Waals surface area contributed by atoms with Crippen LogP contribution in [0.4, 0.5) is 0 Å². The lowest BCUT2D eigenvalue weighted by Crippen LogP contribution is -2.03. The molecule has 3 aromatic heterocycles. The highest BCUT2D eigenvalue weighted by molar-refractivity contribution is 5.75. The first kappa shape index (κ1) is 17.2. The number of fused-ring (bicyclic) bond motifs is 1. The third-order valence-corrected chi connectivity index (χ3v) is 4.98. The number of ether oxygens (including phenoxy) is 1. The van der Waals surface area contributed by atoms with Crippen LogP contribution in [0.5, 0.6) is 5.75 Å². The Morgan fingerprint density at radius 1 is 0.897 bits per heavy atom.